The zero-order valence-electron chi connectivity index (χ0n) is 26.6. The van der Waals surface area contributed by atoms with Gasteiger partial charge in [-0.2, -0.15) is 0 Å². The summed E-state index contributed by atoms with van der Waals surface area (Å²) in [6.45, 7) is 4.53. The summed E-state index contributed by atoms with van der Waals surface area (Å²) in [4.78, 5) is 33.6. The number of fused-ring (bicyclic) bond motifs is 1. The van der Waals surface area contributed by atoms with Crippen molar-refractivity contribution in [2.75, 3.05) is 20.3 Å². The number of carbonyl (C=O) groups is 1. The van der Waals surface area contributed by atoms with Crippen LogP contribution in [0.2, 0.25) is 5.02 Å². The van der Waals surface area contributed by atoms with Gasteiger partial charge in [0.05, 0.1) is 42.2 Å². The zero-order valence-corrected chi connectivity index (χ0v) is 28.2. The van der Waals surface area contributed by atoms with Gasteiger partial charge in [-0.1, -0.05) is 95.7 Å². The molecule has 0 radical (unpaired) electrons. The monoisotopic (exact) mass is 680 g/mol. The van der Waals surface area contributed by atoms with Gasteiger partial charge < -0.3 is 18.9 Å². The minimum atomic E-state index is -0.811. The molecule has 0 bridgehead atoms. The molecule has 5 aromatic rings. The zero-order chi connectivity index (χ0) is 33.6. The lowest BCUT2D eigenvalue weighted by Gasteiger charge is -2.26. The molecule has 1 aliphatic heterocycles. The number of ether oxygens (including phenoxy) is 4. The van der Waals surface area contributed by atoms with E-state index in [2.05, 4.69) is 0 Å². The van der Waals surface area contributed by atoms with Crippen LogP contribution in [0.5, 0.6) is 17.2 Å². The first-order valence-electron chi connectivity index (χ1n) is 15.5. The number of carbonyl (C=O) groups excluding carboxylic acids is 1. The van der Waals surface area contributed by atoms with Crippen LogP contribution >= 0.6 is 22.9 Å². The molecule has 0 amide bonds. The van der Waals surface area contributed by atoms with Crippen LogP contribution < -0.4 is 29.1 Å². The molecule has 10 heteroatoms. The first kappa shape index (κ1) is 32.8. The second kappa shape index (κ2) is 14.8. The molecule has 244 valence electrons. The van der Waals surface area contributed by atoms with Crippen LogP contribution in [-0.2, 0) is 16.1 Å². The van der Waals surface area contributed by atoms with E-state index in [9.17, 15) is 9.59 Å². The van der Waals surface area contributed by atoms with Gasteiger partial charge in [0.25, 0.3) is 5.56 Å². The first-order valence-corrected chi connectivity index (χ1v) is 16.7. The third kappa shape index (κ3) is 6.65. The van der Waals surface area contributed by atoms with Crippen molar-refractivity contribution >= 4 is 40.7 Å². The maximum Gasteiger partial charge on any atom is 0.338 e. The predicted molar refractivity (Wildman–Crippen MR) is 187 cm³/mol. The van der Waals surface area contributed by atoms with Crippen molar-refractivity contribution in [3.8, 4) is 17.2 Å². The average Bonchev–Trinajstić information content (AvgIpc) is 3.42. The maximum absolute atomic E-state index is 14.4. The van der Waals surface area contributed by atoms with Gasteiger partial charge >= 0.3 is 5.97 Å². The number of para-hydroxylation sites is 1. The molecule has 0 fully saturated rings. The van der Waals surface area contributed by atoms with Crippen LogP contribution in [0.3, 0.4) is 0 Å². The van der Waals surface area contributed by atoms with Gasteiger partial charge in [0, 0.05) is 21.7 Å². The standard InChI is InChI=1S/C38H33ClN2O6S/c1-4-45-28-20-18-25(19-21-28)34-32(37(43)46-5-2)33(24-12-7-6-8-13-24)40-38-41(34)36(42)31(48-38)22-26-15-11-17-30(44-3)35(26)47-23-27-14-9-10-16-29(27)39/h6-22,34H,4-5,23H2,1-3H3/b31-22-/t34-/m0/s1. The van der Waals surface area contributed by atoms with Crippen molar-refractivity contribution in [3.63, 3.8) is 0 Å². The van der Waals surface area contributed by atoms with E-state index in [1.165, 1.54) is 11.3 Å². The highest BCUT2D eigenvalue weighted by Crippen LogP contribution is 2.36. The average molecular weight is 681 g/mol. The van der Waals surface area contributed by atoms with Crippen molar-refractivity contribution < 1.29 is 23.7 Å². The van der Waals surface area contributed by atoms with Gasteiger partial charge in [0.15, 0.2) is 16.3 Å². The van der Waals surface area contributed by atoms with Gasteiger partial charge in [0.2, 0.25) is 0 Å². The molecule has 48 heavy (non-hydrogen) atoms. The van der Waals surface area contributed by atoms with Crippen molar-refractivity contribution in [2.45, 2.75) is 26.5 Å². The van der Waals surface area contributed by atoms with Crippen molar-refractivity contribution in [1.82, 2.24) is 4.57 Å². The van der Waals surface area contributed by atoms with Crippen LogP contribution in [0.15, 0.2) is 112 Å². The Kier molecular flexibility index (Phi) is 10.1. The largest absolute Gasteiger partial charge is 0.494 e. The van der Waals surface area contributed by atoms with Crippen LogP contribution in [0, 0.1) is 0 Å². The number of benzene rings is 4. The molecular weight excluding hydrogens is 648 g/mol. The summed E-state index contributed by atoms with van der Waals surface area (Å²) in [5.74, 6) is 1.11. The summed E-state index contributed by atoms with van der Waals surface area (Å²) in [5, 5.41) is 0.586. The van der Waals surface area contributed by atoms with Crippen LogP contribution in [-0.4, -0.2) is 30.9 Å². The Morgan fingerprint density at radius 3 is 2.38 bits per heavy atom. The number of nitrogens with zero attached hydrogens (tertiary/aromatic N) is 2. The highest BCUT2D eigenvalue weighted by atomic mass is 35.5. The van der Waals surface area contributed by atoms with E-state index in [4.69, 9.17) is 35.5 Å². The van der Waals surface area contributed by atoms with Gasteiger partial charge in [-0.05, 0) is 49.8 Å². The van der Waals surface area contributed by atoms with E-state index in [-0.39, 0.29) is 24.3 Å². The van der Waals surface area contributed by atoms with Crippen LogP contribution in [0.25, 0.3) is 11.8 Å². The summed E-state index contributed by atoms with van der Waals surface area (Å²) in [7, 11) is 1.56. The minimum absolute atomic E-state index is 0.164. The van der Waals surface area contributed by atoms with Crippen LogP contribution in [0.1, 0.15) is 42.1 Å². The SMILES string of the molecule is CCOC(=O)C1=C(c2ccccc2)N=c2s/c(=C\c3cccc(OC)c3OCc3ccccc3Cl)c(=O)n2[C@H]1c1ccc(OCC)cc1. The third-order valence-electron chi connectivity index (χ3n) is 7.73. The molecule has 0 N–H and O–H groups in total. The Hall–Kier alpha value is -5.12. The van der Waals surface area contributed by atoms with E-state index in [0.717, 1.165) is 11.1 Å². The third-order valence-corrected chi connectivity index (χ3v) is 9.08. The Balaban J connectivity index is 1.55. The van der Waals surface area contributed by atoms with Crippen molar-refractivity contribution in [3.05, 3.63) is 150 Å². The first-order chi connectivity index (χ1) is 23.4. The van der Waals surface area contributed by atoms with Crippen molar-refractivity contribution in [1.29, 1.82) is 0 Å². The Morgan fingerprint density at radius 2 is 1.67 bits per heavy atom. The molecule has 0 aliphatic carbocycles. The van der Waals surface area contributed by atoms with E-state index < -0.39 is 12.0 Å². The molecular formula is C38H33ClN2O6S. The van der Waals surface area contributed by atoms with Crippen LogP contribution in [0.4, 0.5) is 0 Å². The molecule has 8 nitrogen and oxygen atoms in total. The summed E-state index contributed by atoms with van der Waals surface area (Å²) >= 11 is 7.63. The second-order valence-corrected chi connectivity index (χ2v) is 12.1. The topological polar surface area (TPSA) is 88.4 Å². The fraction of sp³-hybridized carbons (Fsp3) is 0.184. The summed E-state index contributed by atoms with van der Waals surface area (Å²) in [6.07, 6.45) is 1.76. The number of hydrogen-bond donors (Lipinski definition) is 0. The summed E-state index contributed by atoms with van der Waals surface area (Å²) < 4.78 is 25.1. The number of thiazole rings is 1. The quantitative estimate of drug-likeness (QED) is 0.147. The summed E-state index contributed by atoms with van der Waals surface area (Å²) in [5.41, 5.74) is 3.30. The molecule has 1 atom stereocenters. The number of rotatable bonds is 11. The molecule has 0 saturated heterocycles. The highest BCUT2D eigenvalue weighted by Gasteiger charge is 2.35. The van der Waals surface area contributed by atoms with Crippen molar-refractivity contribution in [2.24, 2.45) is 4.99 Å². The Morgan fingerprint density at radius 1 is 0.917 bits per heavy atom. The van der Waals surface area contributed by atoms with Gasteiger partial charge in [0.1, 0.15) is 12.4 Å². The number of halogens is 1. The Labute approximate surface area is 286 Å². The number of methoxy groups -OCH3 is 1. The molecule has 0 spiro atoms. The van der Waals surface area contributed by atoms with E-state index in [1.54, 1.807) is 36.8 Å². The second-order valence-electron chi connectivity index (χ2n) is 10.7. The lowest BCUT2D eigenvalue weighted by Crippen LogP contribution is -2.40. The Bertz CT molecular complexity index is 2160. The fourth-order valence-corrected chi connectivity index (χ4v) is 6.72. The number of aromatic nitrogens is 1. The lowest BCUT2D eigenvalue weighted by molar-refractivity contribution is -0.138. The summed E-state index contributed by atoms with van der Waals surface area (Å²) in [6, 6.07) is 29.0. The molecule has 6 rings (SSSR count). The van der Waals surface area contributed by atoms with E-state index in [1.807, 2.05) is 91.9 Å². The maximum atomic E-state index is 14.4. The normalized spacial score (nSPS) is 14.2. The molecule has 0 unspecified atom stereocenters. The fourth-order valence-electron chi connectivity index (χ4n) is 5.54. The minimum Gasteiger partial charge on any atom is -0.494 e. The molecule has 4 aromatic carbocycles. The predicted octanol–water partition coefficient (Wildman–Crippen LogP) is 6.58. The molecule has 1 aliphatic rings. The lowest BCUT2D eigenvalue weighted by atomic mass is 9.93. The van der Waals surface area contributed by atoms with Gasteiger partial charge in [-0.15, -0.1) is 0 Å². The smallest absolute Gasteiger partial charge is 0.338 e. The molecule has 0 saturated carbocycles. The van der Waals surface area contributed by atoms with E-state index >= 15 is 0 Å². The number of esters is 1. The number of hydrogen-bond acceptors (Lipinski definition) is 8. The molecule has 2 heterocycles. The van der Waals surface area contributed by atoms with Gasteiger partial charge in [-0.25, -0.2) is 9.79 Å². The van der Waals surface area contributed by atoms with E-state index in [0.29, 0.717) is 55.0 Å². The highest BCUT2D eigenvalue weighted by molar-refractivity contribution is 7.07. The van der Waals surface area contributed by atoms with Gasteiger partial charge in [-0.3, -0.25) is 9.36 Å². The molecule has 1 aromatic heterocycles.